The van der Waals surface area contributed by atoms with E-state index < -0.39 is 21.2 Å². The third-order valence-corrected chi connectivity index (χ3v) is 7.89. The number of imide groups is 1. The van der Waals surface area contributed by atoms with Gasteiger partial charge in [-0.3, -0.25) is 19.6 Å². The molecule has 2 aliphatic rings. The molecule has 0 spiro atoms. The van der Waals surface area contributed by atoms with Gasteiger partial charge in [0.1, 0.15) is 11.5 Å². The summed E-state index contributed by atoms with van der Waals surface area (Å²) in [6.07, 6.45) is 1.62. The topological polar surface area (TPSA) is 114 Å². The second-order valence-corrected chi connectivity index (χ2v) is 10.9. The maximum absolute atomic E-state index is 12.8. The van der Waals surface area contributed by atoms with Crippen LogP contribution in [0.25, 0.3) is 6.08 Å². The summed E-state index contributed by atoms with van der Waals surface area (Å²) in [5.74, 6) is 0.594. The first-order valence-electron chi connectivity index (χ1n) is 11.4. The fourth-order valence-corrected chi connectivity index (χ4v) is 5.54. The normalized spacial score (nSPS) is 17.1. The van der Waals surface area contributed by atoms with Crippen LogP contribution in [0.3, 0.4) is 0 Å². The number of morpholine rings is 1. The summed E-state index contributed by atoms with van der Waals surface area (Å²) in [5, 5.41) is 1.82. The molecule has 190 valence electrons. The zero-order chi connectivity index (χ0) is 25.8. The van der Waals surface area contributed by atoms with Crippen LogP contribution in [0.1, 0.15) is 5.56 Å². The van der Waals surface area contributed by atoms with Gasteiger partial charge in [0.15, 0.2) is 0 Å². The van der Waals surface area contributed by atoms with E-state index in [2.05, 4.69) is 14.9 Å². The first kappa shape index (κ1) is 24.9. The van der Waals surface area contributed by atoms with Gasteiger partial charge in [0, 0.05) is 24.5 Å². The lowest BCUT2D eigenvalue weighted by Gasteiger charge is -2.28. The van der Waals surface area contributed by atoms with Crippen molar-refractivity contribution in [2.75, 3.05) is 35.9 Å². The third-order valence-electron chi connectivity index (χ3n) is 5.69. The quantitative estimate of drug-likeness (QED) is 0.425. The van der Waals surface area contributed by atoms with Gasteiger partial charge < -0.3 is 14.4 Å². The van der Waals surface area contributed by atoms with E-state index in [9.17, 15) is 18.0 Å². The van der Waals surface area contributed by atoms with Gasteiger partial charge in [-0.2, -0.15) is 0 Å². The van der Waals surface area contributed by atoms with Gasteiger partial charge >= 0.3 is 0 Å². The number of hydrogen-bond acceptors (Lipinski definition) is 8. The van der Waals surface area contributed by atoms with E-state index in [-0.39, 0.29) is 4.90 Å². The Morgan fingerprint density at radius 2 is 1.51 bits per heavy atom. The SMILES string of the molecule is O=C1NC(=O)C(=Cc2ccc(Oc3ccc(S(=O)(=O)Nc4ccc(N5CCOCC5)cc4)cc3)cc2)S1. The van der Waals surface area contributed by atoms with Crippen molar-refractivity contribution < 1.29 is 27.5 Å². The summed E-state index contributed by atoms with van der Waals surface area (Å²) in [7, 11) is -3.77. The minimum atomic E-state index is -3.77. The summed E-state index contributed by atoms with van der Waals surface area (Å²) < 4.78 is 39.5. The second-order valence-electron chi connectivity index (χ2n) is 8.25. The van der Waals surface area contributed by atoms with Crippen molar-refractivity contribution in [1.82, 2.24) is 5.32 Å². The van der Waals surface area contributed by atoms with Crippen LogP contribution in [0.4, 0.5) is 16.2 Å². The lowest BCUT2D eigenvalue weighted by atomic mass is 10.2. The van der Waals surface area contributed by atoms with E-state index in [1.165, 1.54) is 12.1 Å². The fraction of sp³-hybridized carbons (Fsp3) is 0.154. The molecule has 0 saturated carbocycles. The van der Waals surface area contributed by atoms with Gasteiger partial charge in [-0.25, -0.2) is 8.42 Å². The highest BCUT2D eigenvalue weighted by Gasteiger charge is 2.24. The van der Waals surface area contributed by atoms with Crippen molar-refractivity contribution in [3.8, 4) is 11.5 Å². The molecule has 2 aliphatic heterocycles. The molecular weight excluding hydrogens is 514 g/mol. The molecule has 2 fully saturated rings. The van der Waals surface area contributed by atoms with Crippen LogP contribution in [0.5, 0.6) is 11.5 Å². The van der Waals surface area contributed by atoms with E-state index in [1.54, 1.807) is 54.6 Å². The van der Waals surface area contributed by atoms with Crippen LogP contribution < -0.4 is 19.7 Å². The molecule has 0 radical (unpaired) electrons. The largest absolute Gasteiger partial charge is 0.457 e. The van der Waals surface area contributed by atoms with Gasteiger partial charge in [0.2, 0.25) is 0 Å². The second kappa shape index (κ2) is 10.7. The highest BCUT2D eigenvalue weighted by molar-refractivity contribution is 8.18. The Bertz CT molecular complexity index is 1430. The van der Waals surface area contributed by atoms with E-state index in [0.29, 0.717) is 35.3 Å². The predicted molar refractivity (Wildman–Crippen MR) is 142 cm³/mol. The summed E-state index contributed by atoms with van der Waals surface area (Å²) >= 11 is 0.855. The van der Waals surface area contributed by atoms with E-state index >= 15 is 0 Å². The Labute approximate surface area is 218 Å². The predicted octanol–water partition coefficient (Wildman–Crippen LogP) is 4.44. The summed E-state index contributed by atoms with van der Waals surface area (Å²) in [4.78, 5) is 25.6. The van der Waals surface area contributed by atoms with Crippen molar-refractivity contribution >= 4 is 50.4 Å². The van der Waals surface area contributed by atoms with E-state index in [0.717, 1.165) is 36.1 Å². The summed E-state index contributed by atoms with van der Waals surface area (Å²) in [5.41, 5.74) is 2.24. The van der Waals surface area contributed by atoms with Crippen molar-refractivity contribution in [3.63, 3.8) is 0 Å². The molecule has 2 amide bonds. The van der Waals surface area contributed by atoms with Crippen LogP contribution >= 0.6 is 11.8 Å². The molecule has 9 nitrogen and oxygen atoms in total. The fourth-order valence-electron chi connectivity index (χ4n) is 3.80. The van der Waals surface area contributed by atoms with Crippen molar-refractivity contribution in [3.05, 3.63) is 83.3 Å². The number of nitrogens with zero attached hydrogens (tertiary/aromatic N) is 1. The number of carbonyl (C=O) groups excluding carboxylic acids is 2. The molecule has 0 aromatic heterocycles. The molecule has 0 bridgehead atoms. The van der Waals surface area contributed by atoms with Gasteiger partial charge in [-0.15, -0.1) is 0 Å². The highest BCUT2D eigenvalue weighted by Crippen LogP contribution is 2.28. The van der Waals surface area contributed by atoms with Crippen LogP contribution in [0, 0.1) is 0 Å². The summed E-state index contributed by atoms with van der Waals surface area (Å²) in [6.45, 7) is 2.98. The number of anilines is 2. The number of nitrogens with one attached hydrogen (secondary N) is 2. The Morgan fingerprint density at radius 1 is 0.892 bits per heavy atom. The molecule has 0 aliphatic carbocycles. The van der Waals surface area contributed by atoms with Crippen molar-refractivity contribution in [2.45, 2.75) is 4.90 Å². The van der Waals surface area contributed by atoms with E-state index in [1.807, 2.05) is 12.1 Å². The average Bonchev–Trinajstić information content (AvgIpc) is 3.22. The lowest BCUT2D eigenvalue weighted by molar-refractivity contribution is -0.115. The van der Waals surface area contributed by atoms with Crippen molar-refractivity contribution in [2.24, 2.45) is 0 Å². The minimum Gasteiger partial charge on any atom is -0.457 e. The maximum atomic E-state index is 12.8. The molecule has 2 N–H and O–H groups in total. The first-order chi connectivity index (χ1) is 17.9. The smallest absolute Gasteiger partial charge is 0.290 e. The van der Waals surface area contributed by atoms with Crippen LogP contribution in [0.15, 0.2) is 82.6 Å². The number of ether oxygens (including phenoxy) is 2. The minimum absolute atomic E-state index is 0.112. The molecule has 3 aromatic carbocycles. The molecule has 5 rings (SSSR count). The molecule has 0 unspecified atom stereocenters. The van der Waals surface area contributed by atoms with Gasteiger partial charge in [0.05, 0.1) is 23.0 Å². The molecule has 37 heavy (non-hydrogen) atoms. The highest BCUT2D eigenvalue weighted by atomic mass is 32.2. The number of amides is 2. The van der Waals surface area contributed by atoms with Crippen LogP contribution in [0.2, 0.25) is 0 Å². The molecule has 2 saturated heterocycles. The Kier molecular flexibility index (Phi) is 7.17. The molecular formula is C26H23N3O6S2. The van der Waals surface area contributed by atoms with Crippen LogP contribution in [-0.4, -0.2) is 45.9 Å². The lowest BCUT2D eigenvalue weighted by Crippen LogP contribution is -2.36. The van der Waals surface area contributed by atoms with Crippen LogP contribution in [-0.2, 0) is 19.6 Å². The standard InChI is InChI=1S/C26H23N3O6S2/c30-25-24(36-26(31)27-25)17-18-1-7-21(8-2-18)35-22-9-11-23(12-10-22)37(32,33)28-19-3-5-20(6-4-19)29-13-15-34-16-14-29/h1-12,17,28H,13-16H2,(H,27,30,31). The number of sulfonamides is 1. The third kappa shape index (κ3) is 6.13. The Balaban J connectivity index is 1.20. The van der Waals surface area contributed by atoms with Crippen molar-refractivity contribution in [1.29, 1.82) is 0 Å². The monoisotopic (exact) mass is 537 g/mol. The molecule has 0 atom stereocenters. The maximum Gasteiger partial charge on any atom is 0.290 e. The number of benzene rings is 3. The van der Waals surface area contributed by atoms with Gasteiger partial charge in [0.25, 0.3) is 21.2 Å². The number of carbonyl (C=O) groups is 2. The van der Waals surface area contributed by atoms with E-state index in [4.69, 9.17) is 9.47 Å². The zero-order valence-corrected chi connectivity index (χ0v) is 21.2. The summed E-state index contributed by atoms with van der Waals surface area (Å²) in [6, 6.07) is 20.3. The number of hydrogen-bond donors (Lipinski definition) is 2. The Morgan fingerprint density at radius 3 is 2.11 bits per heavy atom. The molecule has 3 aromatic rings. The first-order valence-corrected chi connectivity index (χ1v) is 13.7. The molecule has 2 heterocycles. The zero-order valence-electron chi connectivity index (χ0n) is 19.5. The molecule has 11 heteroatoms. The number of thioether (sulfide) groups is 1. The average molecular weight is 538 g/mol. The Hall–Kier alpha value is -3.80. The van der Waals surface area contributed by atoms with Gasteiger partial charge in [-0.05, 0) is 84.1 Å². The number of rotatable bonds is 7. The van der Waals surface area contributed by atoms with Gasteiger partial charge in [-0.1, -0.05) is 12.1 Å².